The van der Waals surface area contributed by atoms with Crippen LogP contribution in [0.1, 0.15) is 28.9 Å². The number of likely N-dealkylation sites (tertiary alicyclic amines) is 2. The zero-order valence-corrected chi connectivity index (χ0v) is 16.4. The van der Waals surface area contributed by atoms with Crippen LogP contribution in [0.3, 0.4) is 0 Å². The topological polar surface area (TPSA) is 78.7 Å². The molecule has 162 valence electrons. The van der Waals surface area contributed by atoms with E-state index in [-0.39, 0.29) is 5.91 Å². The van der Waals surface area contributed by atoms with Gasteiger partial charge in [0.15, 0.2) is 0 Å². The molecule has 0 spiro atoms. The van der Waals surface area contributed by atoms with E-state index in [9.17, 15) is 18.0 Å². The molecule has 0 unspecified atom stereocenters. The molecule has 0 aliphatic carbocycles. The van der Waals surface area contributed by atoms with Gasteiger partial charge >= 0.3 is 12.1 Å². The van der Waals surface area contributed by atoms with E-state index in [0.29, 0.717) is 12.1 Å². The Balaban J connectivity index is 0.000000318. The molecule has 0 bridgehead atoms. The molecule has 4 heterocycles. The maximum atomic E-state index is 12.8. The lowest BCUT2D eigenvalue weighted by Gasteiger charge is -2.25. The molecule has 1 amide bonds. The van der Waals surface area contributed by atoms with Crippen molar-refractivity contribution in [1.82, 2.24) is 19.4 Å². The van der Waals surface area contributed by atoms with E-state index in [1.165, 1.54) is 5.56 Å². The second-order valence-corrected chi connectivity index (χ2v) is 7.35. The largest absolute Gasteiger partial charge is 0.490 e. The van der Waals surface area contributed by atoms with E-state index < -0.39 is 12.1 Å². The van der Waals surface area contributed by atoms with Crippen LogP contribution in [-0.2, 0) is 18.4 Å². The monoisotopic (exact) mass is 424 g/mol. The minimum Gasteiger partial charge on any atom is -0.475 e. The molecule has 2 fully saturated rings. The summed E-state index contributed by atoms with van der Waals surface area (Å²) in [6, 6.07) is 8.81. The van der Waals surface area contributed by atoms with Gasteiger partial charge in [0, 0.05) is 57.4 Å². The predicted octanol–water partition coefficient (Wildman–Crippen LogP) is 2.54. The standard InChI is InChI=1S/C18H22N4O.C2HF3O2/c1-20-9-3-5-17(20)18(23)22-11-7-15-16(22)6-10-21(15)13-14-4-2-8-19-12-14;3-2(4,5)1(6)7/h2-5,8-9,12,15-16H,6-7,10-11,13H2,1H3;(H,6,7)/t15-,16+;/m0./s1. The smallest absolute Gasteiger partial charge is 0.475 e. The fourth-order valence-corrected chi connectivity index (χ4v) is 4.08. The normalized spacial score (nSPS) is 21.1. The van der Waals surface area contributed by atoms with Crippen molar-refractivity contribution in [2.45, 2.75) is 37.6 Å². The van der Waals surface area contributed by atoms with Gasteiger partial charge in [-0.1, -0.05) is 6.07 Å². The molecule has 2 atom stereocenters. The lowest BCUT2D eigenvalue weighted by Crippen LogP contribution is -2.40. The highest BCUT2D eigenvalue weighted by molar-refractivity contribution is 5.93. The molecule has 2 aliphatic rings. The van der Waals surface area contributed by atoms with Gasteiger partial charge in [0.25, 0.3) is 5.91 Å². The average Bonchev–Trinajstić information content (AvgIpc) is 3.39. The number of aromatic nitrogens is 2. The molecule has 0 radical (unpaired) electrons. The van der Waals surface area contributed by atoms with E-state index >= 15 is 0 Å². The van der Waals surface area contributed by atoms with Crippen LogP contribution in [0.5, 0.6) is 0 Å². The molecule has 1 N–H and O–H groups in total. The number of alkyl halides is 3. The number of halogens is 3. The number of carbonyl (C=O) groups excluding carboxylic acids is 1. The zero-order valence-electron chi connectivity index (χ0n) is 16.4. The van der Waals surface area contributed by atoms with Crippen LogP contribution in [0.15, 0.2) is 42.9 Å². The van der Waals surface area contributed by atoms with Crippen molar-refractivity contribution in [3.63, 3.8) is 0 Å². The summed E-state index contributed by atoms with van der Waals surface area (Å²) in [5, 5.41) is 7.12. The third-order valence-corrected chi connectivity index (χ3v) is 5.47. The number of aryl methyl sites for hydroxylation is 1. The van der Waals surface area contributed by atoms with Crippen LogP contribution in [0, 0.1) is 0 Å². The number of carbonyl (C=O) groups is 2. The molecule has 10 heteroatoms. The third kappa shape index (κ3) is 4.81. The number of hydrogen-bond acceptors (Lipinski definition) is 4. The summed E-state index contributed by atoms with van der Waals surface area (Å²) in [4.78, 5) is 30.5. The third-order valence-electron chi connectivity index (χ3n) is 5.47. The maximum Gasteiger partial charge on any atom is 0.490 e. The summed E-state index contributed by atoms with van der Waals surface area (Å²) in [6.07, 6.45) is 2.74. The van der Waals surface area contributed by atoms with Crippen LogP contribution in [-0.4, -0.2) is 67.7 Å². The van der Waals surface area contributed by atoms with Gasteiger partial charge in [-0.2, -0.15) is 13.2 Å². The van der Waals surface area contributed by atoms with E-state index in [4.69, 9.17) is 9.90 Å². The fourth-order valence-electron chi connectivity index (χ4n) is 4.08. The summed E-state index contributed by atoms with van der Waals surface area (Å²) >= 11 is 0. The highest BCUT2D eigenvalue weighted by atomic mass is 19.4. The number of rotatable bonds is 3. The van der Waals surface area contributed by atoms with Crippen molar-refractivity contribution in [3.05, 3.63) is 54.1 Å². The zero-order chi connectivity index (χ0) is 21.9. The second kappa shape index (κ2) is 8.86. The van der Waals surface area contributed by atoms with Gasteiger partial charge in [-0.15, -0.1) is 0 Å². The first kappa shape index (κ1) is 21.8. The molecule has 0 aromatic carbocycles. The van der Waals surface area contributed by atoms with Crippen LogP contribution in [0.2, 0.25) is 0 Å². The van der Waals surface area contributed by atoms with Gasteiger partial charge in [-0.05, 0) is 36.6 Å². The maximum absolute atomic E-state index is 12.8. The SMILES string of the molecule is Cn1cccc1C(=O)N1CC[C@H]2[C@H]1CCN2Cc1cccnc1.O=C(O)C(F)(F)F. The minimum absolute atomic E-state index is 0.174. The van der Waals surface area contributed by atoms with Gasteiger partial charge in [0.2, 0.25) is 0 Å². The second-order valence-electron chi connectivity index (χ2n) is 7.35. The Morgan fingerprint density at radius 1 is 1.17 bits per heavy atom. The molecular formula is C20H23F3N4O3. The van der Waals surface area contributed by atoms with Crippen molar-refractivity contribution in [2.24, 2.45) is 7.05 Å². The number of carboxylic acids is 1. The summed E-state index contributed by atoms with van der Waals surface area (Å²) in [6.45, 7) is 2.85. The summed E-state index contributed by atoms with van der Waals surface area (Å²) in [7, 11) is 1.93. The Kier molecular flexibility index (Phi) is 6.45. The molecule has 30 heavy (non-hydrogen) atoms. The van der Waals surface area contributed by atoms with Crippen LogP contribution >= 0.6 is 0 Å². The number of fused-ring (bicyclic) bond motifs is 1. The number of hydrogen-bond donors (Lipinski definition) is 1. The highest BCUT2D eigenvalue weighted by Crippen LogP contribution is 2.33. The number of pyridine rings is 1. The number of nitrogens with zero attached hydrogens (tertiary/aromatic N) is 4. The lowest BCUT2D eigenvalue weighted by atomic mass is 10.1. The molecule has 2 saturated heterocycles. The van der Waals surface area contributed by atoms with E-state index in [0.717, 1.165) is 38.2 Å². The summed E-state index contributed by atoms with van der Waals surface area (Å²) < 4.78 is 33.7. The van der Waals surface area contributed by atoms with Crippen molar-refractivity contribution >= 4 is 11.9 Å². The van der Waals surface area contributed by atoms with Gasteiger partial charge < -0.3 is 14.6 Å². The number of carboxylic acid groups (broad SMARTS) is 1. The Morgan fingerprint density at radius 3 is 2.43 bits per heavy atom. The lowest BCUT2D eigenvalue weighted by molar-refractivity contribution is -0.192. The summed E-state index contributed by atoms with van der Waals surface area (Å²) in [5.41, 5.74) is 2.04. The van der Waals surface area contributed by atoms with Crippen molar-refractivity contribution in [3.8, 4) is 0 Å². The number of amides is 1. The molecule has 7 nitrogen and oxygen atoms in total. The molecule has 2 aliphatic heterocycles. The van der Waals surface area contributed by atoms with E-state index in [1.54, 1.807) is 0 Å². The van der Waals surface area contributed by atoms with E-state index in [2.05, 4.69) is 20.9 Å². The first-order chi connectivity index (χ1) is 14.2. The van der Waals surface area contributed by atoms with E-state index in [1.807, 2.05) is 48.4 Å². The van der Waals surface area contributed by atoms with Crippen LogP contribution in [0.25, 0.3) is 0 Å². The fraction of sp³-hybridized carbons (Fsp3) is 0.450. The van der Waals surface area contributed by atoms with Gasteiger partial charge in [0.05, 0.1) is 0 Å². The first-order valence-corrected chi connectivity index (χ1v) is 9.54. The average molecular weight is 424 g/mol. The number of aliphatic carboxylic acids is 1. The Hall–Kier alpha value is -2.88. The van der Waals surface area contributed by atoms with Crippen molar-refractivity contribution in [2.75, 3.05) is 13.1 Å². The molecule has 4 rings (SSSR count). The Morgan fingerprint density at radius 2 is 1.87 bits per heavy atom. The van der Waals surface area contributed by atoms with Crippen LogP contribution in [0.4, 0.5) is 13.2 Å². The van der Waals surface area contributed by atoms with Crippen molar-refractivity contribution < 1.29 is 27.9 Å². The van der Waals surface area contributed by atoms with Gasteiger partial charge in [0.1, 0.15) is 5.69 Å². The highest BCUT2D eigenvalue weighted by Gasteiger charge is 2.44. The first-order valence-electron chi connectivity index (χ1n) is 9.54. The molecule has 2 aromatic heterocycles. The molecule has 0 saturated carbocycles. The van der Waals surface area contributed by atoms with Gasteiger partial charge in [-0.25, -0.2) is 4.79 Å². The minimum atomic E-state index is -5.08. The quantitative estimate of drug-likeness (QED) is 0.819. The van der Waals surface area contributed by atoms with Crippen molar-refractivity contribution in [1.29, 1.82) is 0 Å². The molecular weight excluding hydrogens is 401 g/mol. The Labute approximate surface area is 171 Å². The molecule has 2 aromatic rings. The van der Waals surface area contributed by atoms with Crippen LogP contribution < -0.4 is 0 Å². The summed E-state index contributed by atoms with van der Waals surface area (Å²) in [5.74, 6) is -2.58. The Bertz CT molecular complexity index is 885. The van der Waals surface area contributed by atoms with Gasteiger partial charge in [-0.3, -0.25) is 14.7 Å². The predicted molar refractivity (Wildman–Crippen MR) is 102 cm³/mol.